The lowest BCUT2D eigenvalue weighted by Crippen LogP contribution is -2.17. The second kappa shape index (κ2) is 3.96. The van der Waals surface area contributed by atoms with Gasteiger partial charge in [-0.3, -0.25) is 9.79 Å². The largest absolute Gasteiger partial charge is 0.497 e. The number of fused-ring (bicyclic) bond motifs is 1. The van der Waals surface area contributed by atoms with E-state index in [9.17, 15) is 4.79 Å². The van der Waals surface area contributed by atoms with E-state index in [1.165, 1.54) is 7.11 Å². The Morgan fingerprint density at radius 2 is 2.00 bits per heavy atom. The fourth-order valence-corrected chi connectivity index (χ4v) is 1.69. The summed E-state index contributed by atoms with van der Waals surface area (Å²) in [5.74, 6) is 0.984. The Hall–Kier alpha value is -1.84. The lowest BCUT2D eigenvalue weighted by Gasteiger charge is -2.17. The summed E-state index contributed by atoms with van der Waals surface area (Å²) in [6.07, 6.45) is 1.64. The quantitative estimate of drug-likeness (QED) is 0.766. The molecule has 1 aliphatic heterocycles. The van der Waals surface area contributed by atoms with Crippen molar-refractivity contribution in [1.82, 2.24) is 0 Å². The average molecular weight is 219 g/mol. The monoisotopic (exact) mass is 219 g/mol. The number of methoxy groups -OCH3 is 2. The van der Waals surface area contributed by atoms with Gasteiger partial charge in [0.1, 0.15) is 11.5 Å². The molecule has 0 saturated heterocycles. The summed E-state index contributed by atoms with van der Waals surface area (Å²) >= 11 is 0. The Labute approximate surface area is 93.9 Å². The molecule has 0 aliphatic carbocycles. The second-order valence-corrected chi connectivity index (χ2v) is 3.65. The first-order chi connectivity index (χ1) is 7.67. The van der Waals surface area contributed by atoms with Crippen LogP contribution in [0.4, 0.5) is 5.69 Å². The Morgan fingerprint density at radius 1 is 1.25 bits per heavy atom. The third kappa shape index (κ3) is 1.56. The van der Waals surface area contributed by atoms with Crippen LogP contribution in [0.2, 0.25) is 0 Å². The van der Waals surface area contributed by atoms with Gasteiger partial charge in [0.2, 0.25) is 0 Å². The molecule has 1 atom stereocenters. The molecule has 1 heterocycles. The molecule has 0 fully saturated rings. The van der Waals surface area contributed by atoms with E-state index in [-0.39, 0.29) is 11.7 Å². The summed E-state index contributed by atoms with van der Waals surface area (Å²) in [5, 5.41) is 0. The van der Waals surface area contributed by atoms with Gasteiger partial charge in [-0.2, -0.15) is 0 Å². The number of rotatable bonds is 2. The molecule has 0 N–H and O–H groups in total. The number of hydrogen-bond acceptors (Lipinski definition) is 4. The van der Waals surface area contributed by atoms with Crippen molar-refractivity contribution in [2.24, 2.45) is 10.9 Å². The van der Waals surface area contributed by atoms with Gasteiger partial charge in [-0.15, -0.1) is 0 Å². The molecule has 0 radical (unpaired) electrons. The van der Waals surface area contributed by atoms with Crippen LogP contribution in [0.25, 0.3) is 0 Å². The molecule has 0 spiro atoms. The summed E-state index contributed by atoms with van der Waals surface area (Å²) in [6.45, 7) is 1.82. The standard InChI is InChI=1S/C12H13NO3/c1-7-6-13-9-4-8(15-2)5-10(16-3)11(9)12(7)14/h4-7H,1-3H3. The topological polar surface area (TPSA) is 47.9 Å². The molecule has 4 nitrogen and oxygen atoms in total. The number of carbonyl (C=O) groups excluding carboxylic acids is 1. The predicted octanol–water partition coefficient (Wildman–Crippen LogP) is 2.24. The van der Waals surface area contributed by atoms with Crippen molar-refractivity contribution in [3.8, 4) is 11.5 Å². The van der Waals surface area contributed by atoms with E-state index in [0.717, 1.165) is 0 Å². The van der Waals surface area contributed by atoms with Gasteiger partial charge < -0.3 is 9.47 Å². The number of benzene rings is 1. The molecule has 0 bridgehead atoms. The third-order valence-electron chi connectivity index (χ3n) is 2.61. The van der Waals surface area contributed by atoms with Crippen LogP contribution in [-0.4, -0.2) is 26.2 Å². The number of carbonyl (C=O) groups is 1. The average Bonchev–Trinajstić information content (AvgIpc) is 2.32. The van der Waals surface area contributed by atoms with Gasteiger partial charge >= 0.3 is 0 Å². The molecular weight excluding hydrogens is 206 g/mol. The Balaban J connectivity index is 2.64. The van der Waals surface area contributed by atoms with Gasteiger partial charge in [-0.05, 0) is 0 Å². The number of ketones is 1. The Kier molecular flexibility index (Phi) is 2.64. The van der Waals surface area contributed by atoms with Crippen molar-refractivity contribution in [2.75, 3.05) is 14.2 Å². The molecule has 1 aromatic carbocycles. The summed E-state index contributed by atoms with van der Waals surface area (Å²) in [6, 6.07) is 3.43. The van der Waals surface area contributed by atoms with Crippen molar-refractivity contribution in [3.63, 3.8) is 0 Å². The summed E-state index contributed by atoms with van der Waals surface area (Å²) in [5.41, 5.74) is 1.15. The number of aliphatic imine (C=N–C) groups is 1. The number of ether oxygens (including phenoxy) is 2. The van der Waals surface area contributed by atoms with Crippen molar-refractivity contribution < 1.29 is 14.3 Å². The van der Waals surface area contributed by atoms with E-state index in [1.54, 1.807) is 25.5 Å². The van der Waals surface area contributed by atoms with Crippen LogP contribution in [0.15, 0.2) is 17.1 Å². The molecule has 1 unspecified atom stereocenters. The smallest absolute Gasteiger partial charge is 0.176 e. The minimum atomic E-state index is -0.199. The maximum Gasteiger partial charge on any atom is 0.176 e. The van der Waals surface area contributed by atoms with E-state index in [0.29, 0.717) is 22.7 Å². The summed E-state index contributed by atoms with van der Waals surface area (Å²) in [4.78, 5) is 16.2. The SMILES string of the molecule is COc1cc2c(c(OC)c1)C(=O)C(C)C=N2. The minimum absolute atomic E-state index is 0.0319. The van der Waals surface area contributed by atoms with Crippen molar-refractivity contribution in [3.05, 3.63) is 17.7 Å². The molecule has 4 heteroatoms. The van der Waals surface area contributed by atoms with Crippen molar-refractivity contribution in [2.45, 2.75) is 6.92 Å². The van der Waals surface area contributed by atoms with Gasteiger partial charge in [-0.25, -0.2) is 0 Å². The fourth-order valence-electron chi connectivity index (χ4n) is 1.69. The molecule has 0 aromatic heterocycles. The van der Waals surface area contributed by atoms with Gasteiger partial charge in [0.25, 0.3) is 0 Å². The van der Waals surface area contributed by atoms with Crippen molar-refractivity contribution >= 4 is 17.7 Å². The van der Waals surface area contributed by atoms with Gasteiger partial charge in [-0.1, -0.05) is 6.92 Å². The highest BCUT2D eigenvalue weighted by Gasteiger charge is 2.25. The highest BCUT2D eigenvalue weighted by Crippen LogP contribution is 2.37. The van der Waals surface area contributed by atoms with Crippen LogP contribution >= 0.6 is 0 Å². The zero-order valence-corrected chi connectivity index (χ0v) is 9.48. The van der Waals surface area contributed by atoms with Crippen molar-refractivity contribution in [1.29, 1.82) is 0 Å². The Bertz CT molecular complexity index is 466. The summed E-state index contributed by atoms with van der Waals surface area (Å²) in [7, 11) is 3.10. The van der Waals surface area contributed by atoms with E-state index in [1.807, 2.05) is 6.92 Å². The molecule has 2 rings (SSSR count). The van der Waals surface area contributed by atoms with Gasteiger partial charge in [0, 0.05) is 18.3 Å². The highest BCUT2D eigenvalue weighted by atomic mass is 16.5. The maximum absolute atomic E-state index is 12.0. The zero-order valence-electron chi connectivity index (χ0n) is 9.48. The Morgan fingerprint density at radius 3 is 2.62 bits per heavy atom. The number of Topliss-reactive ketones (excluding diaryl/α,β-unsaturated/α-hetero) is 1. The maximum atomic E-state index is 12.0. The van der Waals surface area contributed by atoms with Crippen LogP contribution in [0.1, 0.15) is 17.3 Å². The molecule has 1 aromatic rings. The van der Waals surface area contributed by atoms with E-state index >= 15 is 0 Å². The van der Waals surface area contributed by atoms with Crippen LogP contribution in [-0.2, 0) is 0 Å². The van der Waals surface area contributed by atoms with E-state index in [2.05, 4.69) is 4.99 Å². The van der Waals surface area contributed by atoms with E-state index < -0.39 is 0 Å². The molecular formula is C12H13NO3. The first kappa shape index (κ1) is 10.7. The highest BCUT2D eigenvalue weighted by molar-refractivity contribution is 6.13. The zero-order chi connectivity index (χ0) is 11.7. The number of nitrogens with zero attached hydrogens (tertiary/aromatic N) is 1. The molecule has 0 amide bonds. The third-order valence-corrected chi connectivity index (χ3v) is 2.61. The fraction of sp³-hybridized carbons (Fsp3) is 0.333. The summed E-state index contributed by atoms with van der Waals surface area (Å²) < 4.78 is 10.3. The number of hydrogen-bond donors (Lipinski definition) is 0. The predicted molar refractivity (Wildman–Crippen MR) is 61.2 cm³/mol. The van der Waals surface area contributed by atoms with Crippen LogP contribution in [0, 0.1) is 5.92 Å². The van der Waals surface area contributed by atoms with Crippen LogP contribution < -0.4 is 9.47 Å². The molecule has 16 heavy (non-hydrogen) atoms. The van der Waals surface area contributed by atoms with Gasteiger partial charge in [0.15, 0.2) is 5.78 Å². The first-order valence-corrected chi connectivity index (χ1v) is 5.01. The van der Waals surface area contributed by atoms with Gasteiger partial charge in [0.05, 0.1) is 31.4 Å². The van der Waals surface area contributed by atoms with Crippen LogP contribution in [0.3, 0.4) is 0 Å². The first-order valence-electron chi connectivity index (χ1n) is 5.01. The molecule has 1 aliphatic rings. The molecule has 0 saturated carbocycles. The van der Waals surface area contributed by atoms with Crippen LogP contribution in [0.5, 0.6) is 11.5 Å². The normalized spacial score (nSPS) is 18.2. The second-order valence-electron chi connectivity index (χ2n) is 3.65. The molecule has 84 valence electrons. The minimum Gasteiger partial charge on any atom is -0.497 e. The van der Waals surface area contributed by atoms with E-state index in [4.69, 9.17) is 9.47 Å². The lowest BCUT2D eigenvalue weighted by atomic mass is 9.95. The lowest BCUT2D eigenvalue weighted by molar-refractivity contribution is 0.0959.